The van der Waals surface area contributed by atoms with Crippen LogP contribution in [0.5, 0.6) is 0 Å². The van der Waals surface area contributed by atoms with Gasteiger partial charge in [0.2, 0.25) is 0 Å². The van der Waals surface area contributed by atoms with E-state index in [1.54, 1.807) is 0 Å². The van der Waals surface area contributed by atoms with E-state index < -0.39 is 23.7 Å². The van der Waals surface area contributed by atoms with E-state index in [-0.39, 0.29) is 10.6 Å². The maximum absolute atomic E-state index is 13.3. The summed E-state index contributed by atoms with van der Waals surface area (Å²) in [5, 5.41) is 9.03. The summed E-state index contributed by atoms with van der Waals surface area (Å²) in [5.41, 5.74) is 0.111. The Balaban J connectivity index is 2.26. The van der Waals surface area contributed by atoms with Gasteiger partial charge in [-0.1, -0.05) is 11.6 Å². The third kappa shape index (κ3) is 3.01. The Morgan fingerprint density at radius 3 is 2.84 bits per heavy atom. The molecule has 1 aromatic rings. The minimum absolute atomic E-state index is 0.0689. The minimum atomic E-state index is -1.05. The Morgan fingerprint density at radius 1 is 1.47 bits per heavy atom. The molecule has 1 aromatic carbocycles. The monoisotopic (exact) mass is 303 g/mol. The molecule has 1 fully saturated rings. The Kier molecular flexibility index (Phi) is 4.31. The molecule has 0 spiro atoms. The van der Waals surface area contributed by atoms with Gasteiger partial charge in [-0.2, -0.15) is 11.8 Å². The summed E-state index contributed by atoms with van der Waals surface area (Å²) < 4.78 is 13.3. The minimum Gasteiger partial charge on any atom is -0.480 e. The van der Waals surface area contributed by atoms with Gasteiger partial charge in [0.25, 0.3) is 5.91 Å². The molecule has 1 aliphatic heterocycles. The van der Waals surface area contributed by atoms with Gasteiger partial charge in [0.1, 0.15) is 11.9 Å². The molecular weight excluding hydrogens is 293 g/mol. The zero-order chi connectivity index (χ0) is 14.0. The SMILES string of the molecule is O=C(O)C1CSCCN1C(=O)c1ccc(Cl)c(F)c1. The van der Waals surface area contributed by atoms with Gasteiger partial charge >= 0.3 is 5.97 Å². The average molecular weight is 304 g/mol. The molecule has 0 bridgehead atoms. The quantitative estimate of drug-likeness (QED) is 0.909. The first-order chi connectivity index (χ1) is 9.00. The van der Waals surface area contributed by atoms with Gasteiger partial charge in [-0.15, -0.1) is 0 Å². The topological polar surface area (TPSA) is 57.6 Å². The average Bonchev–Trinajstić information content (AvgIpc) is 2.41. The largest absolute Gasteiger partial charge is 0.480 e. The Labute approximate surface area is 118 Å². The first-order valence-corrected chi connectivity index (χ1v) is 7.10. The lowest BCUT2D eigenvalue weighted by atomic mass is 10.1. The predicted molar refractivity (Wildman–Crippen MR) is 71.2 cm³/mol. The van der Waals surface area contributed by atoms with Crippen molar-refractivity contribution in [1.29, 1.82) is 0 Å². The zero-order valence-corrected chi connectivity index (χ0v) is 11.4. The second-order valence-corrected chi connectivity index (χ2v) is 5.61. The number of amides is 1. The van der Waals surface area contributed by atoms with Crippen molar-refractivity contribution in [2.75, 3.05) is 18.1 Å². The highest BCUT2D eigenvalue weighted by Crippen LogP contribution is 2.21. The van der Waals surface area contributed by atoms with Crippen molar-refractivity contribution in [3.8, 4) is 0 Å². The molecule has 19 heavy (non-hydrogen) atoms. The van der Waals surface area contributed by atoms with Gasteiger partial charge in [-0.25, -0.2) is 9.18 Å². The molecule has 0 saturated carbocycles. The Hall–Kier alpha value is -1.27. The van der Waals surface area contributed by atoms with Crippen LogP contribution in [0.3, 0.4) is 0 Å². The summed E-state index contributed by atoms with van der Waals surface area (Å²) in [6, 6.07) is 2.85. The van der Waals surface area contributed by atoms with E-state index in [4.69, 9.17) is 16.7 Å². The van der Waals surface area contributed by atoms with Gasteiger partial charge in [0.05, 0.1) is 5.02 Å². The van der Waals surface area contributed by atoms with Gasteiger partial charge in [-0.05, 0) is 18.2 Å². The molecule has 1 saturated heterocycles. The van der Waals surface area contributed by atoms with E-state index in [2.05, 4.69) is 0 Å². The van der Waals surface area contributed by atoms with Crippen LogP contribution in [0.1, 0.15) is 10.4 Å². The van der Waals surface area contributed by atoms with Crippen LogP contribution in [-0.2, 0) is 4.79 Å². The van der Waals surface area contributed by atoms with E-state index in [0.717, 1.165) is 6.07 Å². The maximum Gasteiger partial charge on any atom is 0.327 e. The molecule has 0 aliphatic carbocycles. The van der Waals surface area contributed by atoms with E-state index in [1.807, 2.05) is 0 Å². The second kappa shape index (κ2) is 5.79. The van der Waals surface area contributed by atoms with E-state index in [9.17, 15) is 14.0 Å². The molecule has 2 rings (SSSR count). The summed E-state index contributed by atoms with van der Waals surface area (Å²) >= 11 is 7.04. The highest BCUT2D eigenvalue weighted by Gasteiger charge is 2.33. The number of halogens is 2. The molecular formula is C12H11ClFNO3S. The molecule has 7 heteroatoms. The maximum atomic E-state index is 13.3. The molecule has 1 unspecified atom stereocenters. The molecule has 1 atom stereocenters. The lowest BCUT2D eigenvalue weighted by molar-refractivity contribution is -0.141. The highest BCUT2D eigenvalue weighted by molar-refractivity contribution is 7.99. The first-order valence-electron chi connectivity index (χ1n) is 5.57. The van der Waals surface area contributed by atoms with E-state index in [0.29, 0.717) is 18.1 Å². The normalized spacial score (nSPS) is 19.3. The van der Waals surface area contributed by atoms with Crippen molar-refractivity contribution >= 4 is 35.2 Å². The number of carbonyl (C=O) groups is 2. The van der Waals surface area contributed by atoms with Crippen molar-refractivity contribution in [3.63, 3.8) is 0 Å². The highest BCUT2D eigenvalue weighted by atomic mass is 35.5. The van der Waals surface area contributed by atoms with Crippen LogP contribution in [-0.4, -0.2) is 46.0 Å². The summed E-state index contributed by atoms with van der Waals surface area (Å²) in [4.78, 5) is 24.6. The van der Waals surface area contributed by atoms with Gasteiger partial charge in [0, 0.05) is 23.6 Å². The number of benzene rings is 1. The fourth-order valence-corrected chi connectivity index (χ4v) is 3.00. The summed E-state index contributed by atoms with van der Waals surface area (Å²) in [6.07, 6.45) is 0. The third-order valence-electron chi connectivity index (χ3n) is 2.84. The zero-order valence-electron chi connectivity index (χ0n) is 9.81. The molecule has 1 aliphatic rings. The van der Waals surface area contributed by atoms with Crippen molar-refractivity contribution in [1.82, 2.24) is 4.90 Å². The number of nitrogens with zero attached hydrogens (tertiary/aromatic N) is 1. The number of carbonyl (C=O) groups excluding carboxylic acids is 1. The Morgan fingerprint density at radius 2 is 2.21 bits per heavy atom. The lowest BCUT2D eigenvalue weighted by Gasteiger charge is -2.32. The second-order valence-electron chi connectivity index (χ2n) is 4.06. The van der Waals surface area contributed by atoms with Crippen LogP contribution >= 0.6 is 23.4 Å². The van der Waals surface area contributed by atoms with E-state index >= 15 is 0 Å². The van der Waals surface area contributed by atoms with Gasteiger partial charge in [0.15, 0.2) is 0 Å². The van der Waals surface area contributed by atoms with Crippen LogP contribution < -0.4 is 0 Å². The standard InChI is InChI=1S/C12H11ClFNO3S/c13-8-2-1-7(5-9(8)14)11(16)15-3-4-19-6-10(15)12(17)18/h1-2,5,10H,3-4,6H2,(H,17,18). The first kappa shape index (κ1) is 14.1. The number of carboxylic acid groups (broad SMARTS) is 1. The van der Waals surface area contributed by atoms with Crippen LogP contribution in [0.2, 0.25) is 5.02 Å². The number of hydrogen-bond acceptors (Lipinski definition) is 3. The fraction of sp³-hybridized carbons (Fsp3) is 0.333. The smallest absolute Gasteiger partial charge is 0.327 e. The van der Waals surface area contributed by atoms with Crippen LogP contribution in [0, 0.1) is 5.82 Å². The molecule has 102 valence electrons. The van der Waals surface area contributed by atoms with Crippen molar-refractivity contribution in [3.05, 3.63) is 34.6 Å². The number of carboxylic acids is 1. The third-order valence-corrected chi connectivity index (χ3v) is 4.17. The van der Waals surface area contributed by atoms with Gasteiger partial charge in [-0.3, -0.25) is 4.79 Å². The van der Waals surface area contributed by atoms with Crippen LogP contribution in [0.15, 0.2) is 18.2 Å². The van der Waals surface area contributed by atoms with Crippen molar-refractivity contribution in [2.45, 2.75) is 6.04 Å². The predicted octanol–water partition coefficient (Wildman–Crippen LogP) is 2.12. The molecule has 0 aromatic heterocycles. The fourth-order valence-electron chi connectivity index (χ4n) is 1.85. The number of rotatable bonds is 2. The van der Waals surface area contributed by atoms with E-state index in [1.165, 1.54) is 28.8 Å². The van der Waals surface area contributed by atoms with Crippen molar-refractivity contribution < 1.29 is 19.1 Å². The number of hydrogen-bond donors (Lipinski definition) is 1. The van der Waals surface area contributed by atoms with Crippen LogP contribution in [0.25, 0.3) is 0 Å². The molecule has 1 heterocycles. The summed E-state index contributed by atoms with van der Waals surface area (Å²) in [5.74, 6) is -1.20. The van der Waals surface area contributed by atoms with Crippen molar-refractivity contribution in [2.24, 2.45) is 0 Å². The lowest BCUT2D eigenvalue weighted by Crippen LogP contribution is -2.50. The van der Waals surface area contributed by atoms with Gasteiger partial charge < -0.3 is 10.0 Å². The molecule has 1 N–H and O–H groups in total. The summed E-state index contributed by atoms with van der Waals surface area (Å²) in [7, 11) is 0. The van der Waals surface area contributed by atoms with Crippen LogP contribution in [0.4, 0.5) is 4.39 Å². The number of aliphatic carboxylic acids is 1. The molecule has 1 amide bonds. The summed E-state index contributed by atoms with van der Waals surface area (Å²) in [6.45, 7) is 0.338. The Bertz CT molecular complexity index is 526. The number of thioether (sulfide) groups is 1. The molecule has 4 nitrogen and oxygen atoms in total. The molecule has 0 radical (unpaired) electrons.